The molecule has 3 aromatic rings. The fourth-order valence-corrected chi connectivity index (χ4v) is 2.79. The SMILES string of the molecule is CC(C)C[N+]1=C=[N+](c2cccc3c2oc2ncccc23)C=C1. The second-order valence-electron chi connectivity index (χ2n) is 5.93. The Hall–Kier alpha value is -2.71. The summed E-state index contributed by atoms with van der Waals surface area (Å²) in [5, 5.41) is 2.12. The fraction of sp³-hybridized carbons (Fsp3) is 0.222. The molecule has 22 heavy (non-hydrogen) atoms. The van der Waals surface area contributed by atoms with Crippen LogP contribution in [-0.4, -0.2) is 26.7 Å². The van der Waals surface area contributed by atoms with E-state index in [1.54, 1.807) is 6.20 Å². The summed E-state index contributed by atoms with van der Waals surface area (Å²) in [4.78, 5) is 4.31. The molecule has 4 heteroatoms. The van der Waals surface area contributed by atoms with Crippen molar-refractivity contribution in [2.75, 3.05) is 6.54 Å². The lowest BCUT2D eigenvalue weighted by Crippen LogP contribution is -2.09. The molecule has 108 valence electrons. The van der Waals surface area contributed by atoms with Gasteiger partial charge in [-0.3, -0.25) is 0 Å². The Labute approximate surface area is 128 Å². The van der Waals surface area contributed by atoms with Crippen LogP contribution < -0.4 is 0 Å². The Bertz CT molecular complexity index is 972. The highest BCUT2D eigenvalue weighted by Crippen LogP contribution is 2.33. The number of benzene rings is 1. The van der Waals surface area contributed by atoms with Crippen LogP contribution in [0.1, 0.15) is 13.8 Å². The van der Waals surface area contributed by atoms with Crippen LogP contribution in [0.15, 0.2) is 53.3 Å². The van der Waals surface area contributed by atoms with E-state index >= 15 is 0 Å². The van der Waals surface area contributed by atoms with Crippen LogP contribution in [-0.2, 0) is 0 Å². The molecule has 0 aliphatic carbocycles. The van der Waals surface area contributed by atoms with Gasteiger partial charge in [0.05, 0.1) is 0 Å². The standard InChI is InChI=1S/C18H17N3O/c1-13(2)11-20-9-10-21(12-20)16-7-3-5-14-15-6-4-8-19-18(15)22-17(14)16/h3-10,13H,11H2,1-2H3/q+2. The average molecular weight is 291 g/mol. The molecule has 0 unspecified atom stereocenters. The summed E-state index contributed by atoms with van der Waals surface area (Å²) in [6.45, 7) is 5.35. The molecule has 0 fully saturated rings. The third-order valence-electron chi connectivity index (χ3n) is 3.71. The number of nitrogens with zero attached hydrogens (tertiary/aromatic N) is 3. The molecule has 4 nitrogen and oxygen atoms in total. The minimum absolute atomic E-state index is 0.586. The predicted molar refractivity (Wildman–Crippen MR) is 85.5 cm³/mol. The van der Waals surface area contributed by atoms with Crippen LogP contribution in [0.25, 0.3) is 22.1 Å². The van der Waals surface area contributed by atoms with Crippen molar-refractivity contribution >= 4 is 33.8 Å². The van der Waals surface area contributed by atoms with Gasteiger partial charge in [-0.25, -0.2) is 4.98 Å². The molecule has 2 aromatic heterocycles. The minimum atomic E-state index is 0.586. The smallest absolute Gasteiger partial charge is 0.431 e. The highest BCUT2D eigenvalue weighted by atomic mass is 16.3. The molecule has 0 amide bonds. The predicted octanol–water partition coefficient (Wildman–Crippen LogP) is 3.95. The van der Waals surface area contributed by atoms with E-state index in [2.05, 4.69) is 35.5 Å². The number of fused-ring (bicyclic) bond motifs is 3. The molecule has 1 aromatic carbocycles. The van der Waals surface area contributed by atoms with Crippen molar-refractivity contribution in [1.82, 2.24) is 4.98 Å². The second-order valence-corrected chi connectivity index (χ2v) is 5.93. The lowest BCUT2D eigenvalue weighted by atomic mass is 10.2. The van der Waals surface area contributed by atoms with Crippen LogP contribution in [0.2, 0.25) is 0 Å². The van der Waals surface area contributed by atoms with E-state index in [-0.39, 0.29) is 0 Å². The normalized spacial score (nSPS) is 14.1. The monoisotopic (exact) mass is 291 g/mol. The molecule has 0 atom stereocenters. The number of para-hydroxylation sites is 1. The first-order chi connectivity index (χ1) is 10.7. The van der Waals surface area contributed by atoms with E-state index < -0.39 is 0 Å². The van der Waals surface area contributed by atoms with Crippen molar-refractivity contribution in [3.8, 4) is 0 Å². The van der Waals surface area contributed by atoms with Crippen LogP contribution in [0.3, 0.4) is 0 Å². The molecule has 4 rings (SSSR count). The zero-order valence-electron chi connectivity index (χ0n) is 12.7. The third kappa shape index (κ3) is 2.05. The van der Waals surface area contributed by atoms with Crippen LogP contribution >= 0.6 is 0 Å². The molecular formula is C18H17N3O+2. The van der Waals surface area contributed by atoms with Gasteiger partial charge in [-0.15, -0.1) is 0 Å². The first kappa shape index (κ1) is 13.0. The van der Waals surface area contributed by atoms with Crippen molar-refractivity contribution in [1.29, 1.82) is 0 Å². The summed E-state index contributed by atoms with van der Waals surface area (Å²) in [6.07, 6.45) is 5.81. The van der Waals surface area contributed by atoms with Gasteiger partial charge in [0.2, 0.25) is 17.5 Å². The Morgan fingerprint density at radius 2 is 2.00 bits per heavy atom. The summed E-state index contributed by atoms with van der Waals surface area (Å²) in [6, 6.07) is 13.5. The zero-order chi connectivity index (χ0) is 15.1. The summed E-state index contributed by atoms with van der Waals surface area (Å²) in [7, 11) is 0. The fourth-order valence-electron chi connectivity index (χ4n) is 2.79. The Kier molecular flexibility index (Phi) is 2.91. The van der Waals surface area contributed by atoms with Gasteiger partial charge >= 0.3 is 6.01 Å². The first-order valence-corrected chi connectivity index (χ1v) is 7.49. The van der Waals surface area contributed by atoms with E-state index in [4.69, 9.17) is 4.42 Å². The Balaban J connectivity index is 1.93. The summed E-state index contributed by atoms with van der Waals surface area (Å²) in [5.74, 6) is 0.586. The molecule has 1 aliphatic rings. The van der Waals surface area contributed by atoms with E-state index in [0.717, 1.165) is 28.6 Å². The van der Waals surface area contributed by atoms with Gasteiger partial charge in [0.15, 0.2) is 6.54 Å². The highest BCUT2D eigenvalue weighted by Gasteiger charge is 2.24. The molecule has 0 saturated heterocycles. The molecular weight excluding hydrogens is 274 g/mol. The maximum absolute atomic E-state index is 5.97. The molecule has 0 radical (unpaired) electrons. The maximum Gasteiger partial charge on any atom is 0.495 e. The summed E-state index contributed by atoms with van der Waals surface area (Å²) < 4.78 is 10.0. The van der Waals surface area contributed by atoms with Crippen molar-refractivity contribution in [2.24, 2.45) is 5.92 Å². The van der Waals surface area contributed by atoms with Crippen LogP contribution in [0.5, 0.6) is 0 Å². The number of pyridine rings is 1. The highest BCUT2D eigenvalue weighted by molar-refractivity contribution is 6.06. The average Bonchev–Trinajstić information content (AvgIpc) is 3.10. The number of aromatic nitrogens is 1. The summed E-state index contributed by atoms with van der Waals surface area (Å²) in [5.41, 5.74) is 2.50. The van der Waals surface area contributed by atoms with Gasteiger partial charge in [-0.05, 0) is 18.2 Å². The molecule has 0 spiro atoms. The van der Waals surface area contributed by atoms with Gasteiger partial charge < -0.3 is 4.42 Å². The number of hydrogen-bond donors (Lipinski definition) is 0. The van der Waals surface area contributed by atoms with Gasteiger partial charge in [-0.2, -0.15) is 0 Å². The third-order valence-corrected chi connectivity index (χ3v) is 3.71. The van der Waals surface area contributed by atoms with Gasteiger partial charge in [0, 0.05) is 29.0 Å². The van der Waals surface area contributed by atoms with Crippen molar-refractivity contribution in [3.63, 3.8) is 0 Å². The van der Waals surface area contributed by atoms with Crippen LogP contribution in [0.4, 0.5) is 5.69 Å². The Morgan fingerprint density at radius 3 is 2.86 bits per heavy atom. The van der Waals surface area contributed by atoms with E-state index in [9.17, 15) is 0 Å². The van der Waals surface area contributed by atoms with E-state index in [1.807, 2.05) is 41.2 Å². The van der Waals surface area contributed by atoms with E-state index in [0.29, 0.717) is 11.6 Å². The Morgan fingerprint density at radius 1 is 1.14 bits per heavy atom. The first-order valence-electron chi connectivity index (χ1n) is 7.49. The number of rotatable bonds is 3. The lowest BCUT2D eigenvalue weighted by molar-refractivity contribution is -0.466. The molecule has 3 heterocycles. The molecule has 0 saturated carbocycles. The minimum Gasteiger partial charge on any atom is -0.431 e. The van der Waals surface area contributed by atoms with Gasteiger partial charge in [-0.1, -0.05) is 29.1 Å². The van der Waals surface area contributed by atoms with Crippen molar-refractivity contribution in [2.45, 2.75) is 13.8 Å². The molecule has 1 aliphatic heterocycles. The second kappa shape index (κ2) is 4.93. The zero-order valence-corrected chi connectivity index (χ0v) is 12.7. The lowest BCUT2D eigenvalue weighted by Gasteiger charge is -1.92. The number of hydrogen-bond acceptors (Lipinski definition) is 2. The topological polar surface area (TPSA) is 32.0 Å². The van der Waals surface area contributed by atoms with Crippen molar-refractivity contribution in [3.05, 3.63) is 48.9 Å². The van der Waals surface area contributed by atoms with Gasteiger partial charge in [0.1, 0.15) is 0 Å². The molecule has 0 bridgehead atoms. The van der Waals surface area contributed by atoms with E-state index in [1.165, 1.54) is 0 Å². The largest absolute Gasteiger partial charge is 0.495 e. The molecule has 0 N–H and O–H groups in total. The quantitative estimate of drug-likeness (QED) is 0.684. The number of furan rings is 1. The maximum atomic E-state index is 5.97. The van der Waals surface area contributed by atoms with Crippen molar-refractivity contribution < 1.29 is 13.6 Å². The van der Waals surface area contributed by atoms with Gasteiger partial charge in [0.25, 0.3) is 11.9 Å². The summed E-state index contributed by atoms with van der Waals surface area (Å²) >= 11 is 0. The van der Waals surface area contributed by atoms with Crippen LogP contribution in [0, 0.1) is 5.92 Å².